The summed E-state index contributed by atoms with van der Waals surface area (Å²) in [5, 5.41) is 15.3. The Morgan fingerprint density at radius 1 is 0.310 bits per heavy atom. The number of benzene rings is 7. The zero-order valence-corrected chi connectivity index (χ0v) is 80.2. The molecule has 0 aliphatic carbocycles. The molecule has 7 unspecified atom stereocenters. The third-order valence-corrected chi connectivity index (χ3v) is 27.7. The Morgan fingerprint density at radius 2 is 0.697 bits per heavy atom. The summed E-state index contributed by atoms with van der Waals surface area (Å²) in [6, 6.07) is 24.2. The highest BCUT2D eigenvalue weighted by molar-refractivity contribution is 9.10. The maximum atomic E-state index is 12.8. The lowest BCUT2D eigenvalue weighted by atomic mass is 9.89. The zero-order valence-electron chi connectivity index (χ0n) is 77.0. The van der Waals surface area contributed by atoms with Crippen molar-refractivity contribution in [2.75, 3.05) is 40.1 Å². The summed E-state index contributed by atoms with van der Waals surface area (Å²) < 4.78 is 1.02. The summed E-state index contributed by atoms with van der Waals surface area (Å²) >= 11 is 6.43. The number of hydrogen-bond acceptors (Lipinski definition) is 33. The molecule has 0 aromatic heterocycles. The van der Waals surface area contributed by atoms with Gasteiger partial charge in [-0.3, -0.25) is 186 Å². The van der Waals surface area contributed by atoms with E-state index in [0.29, 0.717) is 63.1 Å². The van der Waals surface area contributed by atoms with Gasteiger partial charge in [-0.2, -0.15) is 0 Å². The first-order valence-corrected chi connectivity index (χ1v) is 46.7. The molecule has 7 aromatic rings. The van der Waals surface area contributed by atoms with Crippen molar-refractivity contribution in [1.82, 2.24) is 71.5 Å². The van der Waals surface area contributed by atoms with E-state index in [9.17, 15) is 125 Å². The van der Waals surface area contributed by atoms with E-state index in [4.69, 9.17) is 40.1 Å². The SMILES string of the molecule is CC1(N2C(=O)c3cccc(N)c3C2=O)CCC(=O)NC1=O.CC1(N2Cc3c(N)cccc3C2=O)CCC(=O)NC1=O.CCCc1ccc(N)c2c1C(=O)N(C1CCC(=O)NC1=O)C2.Nc1cc(Br)cc2c1C(=O)N(C1CCC(=O)NC1=O)C2=O.Nc1ccc(Br)c2c1C(=O)N(C1CCC(=O)NC1=O)C2=O.Nc1ccc2c(c1)C(=O)N(C1CCC(=O)NC1=O)C2=O.Nc1cccc2c1C(=O)N(C1CCC(=O)NC1=O)C2=O. The van der Waals surface area contributed by atoms with Crippen LogP contribution >= 0.6 is 31.9 Å². The average Bonchev–Trinajstić information content (AvgIpc) is 1.58. The number of nitrogens with two attached hydrogens (primary N) is 7. The Hall–Kier alpha value is -17.3. The van der Waals surface area contributed by atoms with Crippen molar-refractivity contribution >= 4 is 225 Å². The first-order chi connectivity index (χ1) is 68.6. The Bertz CT molecular complexity index is 7050. The van der Waals surface area contributed by atoms with Gasteiger partial charge in [0.15, 0.2) is 0 Å². The van der Waals surface area contributed by atoms with Crippen LogP contribution in [0.15, 0.2) is 118 Å². The highest BCUT2D eigenvalue weighted by Gasteiger charge is 2.56. The van der Waals surface area contributed by atoms with Crippen molar-refractivity contribution < 1.29 is 125 Å². The van der Waals surface area contributed by atoms with Gasteiger partial charge < -0.3 is 49.9 Å². The summed E-state index contributed by atoms with van der Waals surface area (Å²) in [7, 11) is 0. The van der Waals surface area contributed by atoms with Gasteiger partial charge in [-0.1, -0.05) is 53.5 Å². The predicted molar refractivity (Wildman–Crippen MR) is 510 cm³/mol. The van der Waals surface area contributed by atoms with Crippen molar-refractivity contribution in [2.24, 2.45) is 0 Å². The Morgan fingerprint density at radius 3 is 1.16 bits per heavy atom. The van der Waals surface area contributed by atoms with Crippen LogP contribution < -0.4 is 77.4 Å². The smallest absolute Gasteiger partial charge is 0.264 e. The largest absolute Gasteiger partial charge is 0.399 e. The molecule has 0 saturated carbocycles. The van der Waals surface area contributed by atoms with Crippen LogP contribution in [0, 0.1) is 0 Å². The number of hydrogen-bond donors (Lipinski definition) is 14. The zero-order chi connectivity index (χ0) is 105. The molecule has 14 aliphatic heterocycles. The molecule has 26 amide bonds. The Labute approximate surface area is 836 Å². The molecule has 21 rings (SSSR count). The van der Waals surface area contributed by atoms with Crippen molar-refractivity contribution in [1.29, 1.82) is 0 Å². The average molecular weight is 2110 g/mol. The molecule has 7 fully saturated rings. The number of piperidine rings is 7. The highest BCUT2D eigenvalue weighted by Crippen LogP contribution is 2.43. The summed E-state index contributed by atoms with van der Waals surface area (Å²) in [5.41, 5.74) is 45.7. The van der Waals surface area contributed by atoms with Gasteiger partial charge in [0.1, 0.15) is 41.3 Å². The fraction of sp³-hybridized carbons (Fsp3) is 0.292. The Balaban J connectivity index is 0.000000127. The monoisotopic (exact) mass is 2110 g/mol. The third-order valence-electron chi connectivity index (χ3n) is 26.6. The minimum atomic E-state index is -1.38. The molecular formula is C96H89Br2N21O26. The van der Waals surface area contributed by atoms with Gasteiger partial charge in [-0.15, -0.1) is 0 Å². The first kappa shape index (κ1) is 102. The molecule has 145 heavy (non-hydrogen) atoms. The summed E-state index contributed by atoms with van der Waals surface area (Å²) in [5.74, 6) is -12.7. The lowest BCUT2D eigenvalue weighted by Gasteiger charge is -2.39. The molecule has 0 radical (unpaired) electrons. The van der Waals surface area contributed by atoms with Gasteiger partial charge in [0.2, 0.25) is 70.9 Å². The van der Waals surface area contributed by atoms with Crippen LogP contribution in [0.1, 0.15) is 258 Å². The van der Waals surface area contributed by atoms with Gasteiger partial charge in [-0.25, -0.2) is 0 Å². The molecule has 49 heteroatoms. The number of imide groups is 12. The van der Waals surface area contributed by atoms with E-state index < -0.39 is 171 Å². The number of anilines is 7. The molecule has 748 valence electrons. The van der Waals surface area contributed by atoms with E-state index in [0.717, 1.165) is 54.0 Å². The molecule has 21 N–H and O–H groups in total. The van der Waals surface area contributed by atoms with Gasteiger partial charge in [0.25, 0.3) is 82.7 Å². The molecule has 0 bridgehead atoms. The minimum Gasteiger partial charge on any atom is -0.399 e. The van der Waals surface area contributed by atoms with E-state index in [1.165, 1.54) is 72.5 Å². The quantitative estimate of drug-likeness (QED) is 0.0722. The topological polar surface area (TPSA) is 733 Å². The van der Waals surface area contributed by atoms with Crippen molar-refractivity contribution in [2.45, 2.75) is 178 Å². The van der Waals surface area contributed by atoms with Crippen molar-refractivity contribution in [3.05, 3.63) is 202 Å². The summed E-state index contributed by atoms with van der Waals surface area (Å²) in [6.07, 6.45) is 3.99. The number of carbonyl (C=O) groups is 26. The second kappa shape index (κ2) is 40.0. The molecule has 7 atom stereocenters. The number of nitrogens with one attached hydrogen (secondary N) is 7. The number of nitrogen functional groups attached to an aromatic ring is 7. The van der Waals surface area contributed by atoms with Gasteiger partial charge in [0, 0.05) is 129 Å². The lowest BCUT2D eigenvalue weighted by molar-refractivity contribution is -0.143. The third kappa shape index (κ3) is 18.8. The Kier molecular flexibility index (Phi) is 28.2. The van der Waals surface area contributed by atoms with Gasteiger partial charge in [0.05, 0.1) is 55.6 Å². The van der Waals surface area contributed by atoms with Gasteiger partial charge in [-0.05, 0) is 172 Å². The minimum absolute atomic E-state index is 0.0745. The fourth-order valence-electron chi connectivity index (χ4n) is 19.0. The molecule has 0 spiro atoms. The van der Waals surface area contributed by atoms with Gasteiger partial charge >= 0.3 is 0 Å². The fourth-order valence-corrected chi connectivity index (χ4v) is 20.0. The molecular weight excluding hydrogens is 2020 g/mol. The molecule has 47 nitrogen and oxygen atoms in total. The maximum absolute atomic E-state index is 12.8. The second-order valence-electron chi connectivity index (χ2n) is 35.8. The predicted octanol–water partition coefficient (Wildman–Crippen LogP) is 1.67. The lowest BCUT2D eigenvalue weighted by Crippen LogP contribution is -2.62. The molecule has 14 aliphatic rings. The number of amides is 26. The normalized spacial score (nSPS) is 22.7. The first-order valence-electron chi connectivity index (χ1n) is 45.1. The number of nitrogens with zero attached hydrogens (tertiary/aromatic N) is 7. The number of carbonyl (C=O) groups excluding carboxylic acids is 26. The number of aryl methyl sites for hydroxylation is 1. The van der Waals surface area contributed by atoms with E-state index in [1.807, 2.05) is 12.1 Å². The number of fused-ring (bicyclic) bond motifs is 7. The highest BCUT2D eigenvalue weighted by atomic mass is 79.9. The maximum Gasteiger partial charge on any atom is 0.264 e. The molecule has 7 saturated heterocycles. The van der Waals surface area contributed by atoms with E-state index in [2.05, 4.69) is 76.0 Å². The summed E-state index contributed by atoms with van der Waals surface area (Å²) in [6.45, 7) is 5.87. The molecule has 14 heterocycles. The van der Waals surface area contributed by atoms with Crippen molar-refractivity contribution in [3.8, 4) is 0 Å². The number of rotatable bonds is 9. The molecule has 7 aromatic carbocycles. The van der Waals surface area contributed by atoms with Crippen LogP contribution in [0.3, 0.4) is 0 Å². The van der Waals surface area contributed by atoms with Crippen LogP contribution in [-0.4, -0.2) is 229 Å². The van der Waals surface area contributed by atoms with E-state index >= 15 is 0 Å². The van der Waals surface area contributed by atoms with Crippen LogP contribution in [0.5, 0.6) is 0 Å². The van der Waals surface area contributed by atoms with Crippen molar-refractivity contribution in [3.63, 3.8) is 0 Å². The van der Waals surface area contributed by atoms with Crippen LogP contribution in [0.2, 0.25) is 0 Å². The summed E-state index contributed by atoms with van der Waals surface area (Å²) in [4.78, 5) is 319. The van der Waals surface area contributed by atoms with E-state index in [1.54, 1.807) is 48.2 Å². The van der Waals surface area contributed by atoms with Crippen LogP contribution in [0.4, 0.5) is 39.8 Å². The standard InChI is InChI=1S/C16H19N3O3.C14H13N3O4.C14H15N3O3.2C13H10BrN3O4.2C13H11N3O4/c1-2-3-9-4-5-11(17)10-8-19(16(22)14(9)10)12-6-7-13(20)18-15(12)21;1-14(6-5-9(18)16-13(14)21)17-11(19)7-3-2-4-8(15)10(7)12(17)20;1-14(6-5-11(18)16-13(14)20)17-7-9-8(12(17)19)3-2-4-10(9)15;14-5-3-6-10(7(15)4-5)13(21)17(12(6)20)8-1-2-9(18)16-11(8)19;14-5-1-2-6(15)10-9(5)12(20)17(13(10)21)7-3-4-8(18)16-11(7)19;14-6-1-2-7-8(5-6)13(20)16(12(7)19)9-3-4-10(17)15-11(9)18;14-7-3-1-2-6-10(7)13(20)16(12(6)19)8-4-5-9(17)15-11(8)18/h4-5,12H,2-3,6-8,17H2,1H3,(H,18,20,21);2-4H,5-6,15H2,1H3,(H,16,18,21);2-4H,5-7,15H2,1H3,(H,16,18,20);3-4,8H,1-2,15H2,(H,16,18,19);1-2,7H,3-4,15H2,(H,16,18,19);1-2,5,9H,3-4,14H2,(H,15,17,18);1-3,8H,4-5,14H2,(H,15,17,18). The van der Waals surface area contributed by atoms with E-state index in [-0.39, 0.29) is 179 Å². The van der Waals surface area contributed by atoms with Crippen LogP contribution in [-0.2, 0) is 86.6 Å². The second-order valence-corrected chi connectivity index (χ2v) is 37.5. The number of halogens is 2. The van der Waals surface area contributed by atoms with Crippen LogP contribution in [0.25, 0.3) is 0 Å².